The van der Waals surface area contributed by atoms with E-state index in [4.69, 9.17) is 11.6 Å². The third-order valence-electron chi connectivity index (χ3n) is 3.44. The first-order chi connectivity index (χ1) is 9.19. The highest BCUT2D eigenvalue weighted by Gasteiger charge is 2.36. The van der Waals surface area contributed by atoms with Gasteiger partial charge in [-0.1, -0.05) is 18.5 Å². The summed E-state index contributed by atoms with van der Waals surface area (Å²) in [5.41, 5.74) is -0.369. The maximum atomic E-state index is 9.45. The molecular formula is C14H18ClN3S. The molecule has 3 nitrogen and oxygen atoms in total. The minimum atomic E-state index is -0.369. The molecule has 0 aliphatic heterocycles. The molecule has 1 saturated carbocycles. The van der Waals surface area contributed by atoms with E-state index in [1.54, 1.807) is 18.0 Å². The van der Waals surface area contributed by atoms with Crippen molar-refractivity contribution in [3.8, 4) is 6.07 Å². The van der Waals surface area contributed by atoms with Gasteiger partial charge in [-0.15, -0.1) is 11.8 Å². The molecule has 0 saturated heterocycles. The zero-order chi connectivity index (χ0) is 13.7. The van der Waals surface area contributed by atoms with Crippen LogP contribution in [-0.4, -0.2) is 22.3 Å². The van der Waals surface area contributed by atoms with Crippen molar-refractivity contribution in [2.75, 3.05) is 6.54 Å². The van der Waals surface area contributed by atoms with Gasteiger partial charge in [-0.2, -0.15) is 5.26 Å². The normalized spacial score (nSPS) is 26.9. The summed E-state index contributed by atoms with van der Waals surface area (Å²) in [5.74, 6) is 0. The lowest BCUT2D eigenvalue weighted by molar-refractivity contribution is 0.309. The predicted molar refractivity (Wildman–Crippen MR) is 79.4 cm³/mol. The molecule has 1 heterocycles. The van der Waals surface area contributed by atoms with Crippen LogP contribution in [0.15, 0.2) is 23.4 Å². The van der Waals surface area contributed by atoms with Crippen LogP contribution >= 0.6 is 23.4 Å². The molecule has 102 valence electrons. The van der Waals surface area contributed by atoms with Crippen LogP contribution in [0.5, 0.6) is 0 Å². The Kier molecular flexibility index (Phi) is 5.09. The fourth-order valence-corrected chi connectivity index (χ4v) is 4.11. The minimum absolute atomic E-state index is 0.369. The number of halogens is 1. The number of nitrogens with zero attached hydrogens (tertiary/aromatic N) is 2. The number of nitriles is 1. The molecule has 0 amide bonds. The monoisotopic (exact) mass is 295 g/mol. The number of nitrogens with one attached hydrogen (secondary N) is 1. The van der Waals surface area contributed by atoms with E-state index in [9.17, 15) is 5.26 Å². The van der Waals surface area contributed by atoms with Gasteiger partial charge in [-0.25, -0.2) is 4.98 Å². The van der Waals surface area contributed by atoms with Gasteiger partial charge in [-0.05, 0) is 44.4 Å². The number of pyridine rings is 1. The molecule has 1 aliphatic rings. The lowest BCUT2D eigenvalue weighted by atomic mass is 9.82. The molecular weight excluding hydrogens is 278 g/mol. The van der Waals surface area contributed by atoms with Gasteiger partial charge in [-0.3, -0.25) is 5.32 Å². The summed E-state index contributed by atoms with van der Waals surface area (Å²) in [6.07, 6.45) is 5.74. The molecule has 5 heteroatoms. The summed E-state index contributed by atoms with van der Waals surface area (Å²) in [5, 5.41) is 14.8. The van der Waals surface area contributed by atoms with Crippen molar-refractivity contribution in [3.63, 3.8) is 0 Å². The van der Waals surface area contributed by atoms with E-state index in [0.717, 1.165) is 37.3 Å². The fourth-order valence-electron chi connectivity index (χ4n) is 2.58. The maximum Gasteiger partial charge on any atom is 0.115 e. The maximum absolute atomic E-state index is 9.45. The highest BCUT2D eigenvalue weighted by molar-refractivity contribution is 8.00. The van der Waals surface area contributed by atoms with Gasteiger partial charge >= 0.3 is 0 Å². The SMILES string of the molecule is CCNC1(C#N)CCCC(Sc2ncccc2Cl)C1. The van der Waals surface area contributed by atoms with Gasteiger partial charge in [0.05, 0.1) is 11.1 Å². The summed E-state index contributed by atoms with van der Waals surface area (Å²) < 4.78 is 0. The van der Waals surface area contributed by atoms with Crippen LogP contribution in [0.1, 0.15) is 32.6 Å². The molecule has 0 radical (unpaired) electrons. The van der Waals surface area contributed by atoms with E-state index in [1.807, 2.05) is 19.1 Å². The molecule has 1 N–H and O–H groups in total. The first-order valence-electron chi connectivity index (χ1n) is 6.62. The third kappa shape index (κ3) is 3.62. The summed E-state index contributed by atoms with van der Waals surface area (Å²) in [6.45, 7) is 2.88. The van der Waals surface area contributed by atoms with E-state index in [-0.39, 0.29) is 5.54 Å². The standard InChI is InChI=1S/C14H18ClN3S/c1-2-18-14(10-16)7-3-5-11(9-14)19-13-12(15)6-4-8-17-13/h4,6,8,11,18H,2-3,5,7,9H2,1H3. The molecule has 0 spiro atoms. The molecule has 19 heavy (non-hydrogen) atoms. The number of thioether (sulfide) groups is 1. The second kappa shape index (κ2) is 6.60. The Bertz CT molecular complexity index is 470. The van der Waals surface area contributed by atoms with Gasteiger partial charge in [0.25, 0.3) is 0 Å². The van der Waals surface area contributed by atoms with E-state index in [2.05, 4.69) is 16.4 Å². The van der Waals surface area contributed by atoms with E-state index >= 15 is 0 Å². The summed E-state index contributed by atoms with van der Waals surface area (Å²) in [4.78, 5) is 4.32. The van der Waals surface area contributed by atoms with E-state index in [1.165, 1.54) is 0 Å². The first kappa shape index (κ1) is 14.6. The molecule has 2 atom stereocenters. The van der Waals surface area contributed by atoms with Crippen LogP contribution in [-0.2, 0) is 0 Å². The fraction of sp³-hybridized carbons (Fsp3) is 0.571. The Balaban J connectivity index is 2.06. The second-order valence-electron chi connectivity index (χ2n) is 4.85. The lowest BCUT2D eigenvalue weighted by Crippen LogP contribution is -2.48. The van der Waals surface area contributed by atoms with Crippen molar-refractivity contribution in [2.45, 2.75) is 48.4 Å². The average Bonchev–Trinajstić information content (AvgIpc) is 2.42. The topological polar surface area (TPSA) is 48.7 Å². The predicted octanol–water partition coefficient (Wildman–Crippen LogP) is 3.64. The summed E-state index contributed by atoms with van der Waals surface area (Å²) in [6, 6.07) is 6.17. The Hall–Kier alpha value is -0.760. The van der Waals surface area contributed by atoms with Gasteiger partial charge in [0.1, 0.15) is 10.6 Å². The van der Waals surface area contributed by atoms with Gasteiger partial charge < -0.3 is 0 Å². The Labute approximate surface area is 123 Å². The van der Waals surface area contributed by atoms with Crippen LogP contribution < -0.4 is 5.32 Å². The summed E-state index contributed by atoms with van der Waals surface area (Å²) >= 11 is 7.85. The largest absolute Gasteiger partial charge is 0.300 e. The van der Waals surface area contributed by atoms with Crippen LogP contribution in [0.4, 0.5) is 0 Å². The average molecular weight is 296 g/mol. The Morgan fingerprint density at radius 3 is 3.21 bits per heavy atom. The highest BCUT2D eigenvalue weighted by Crippen LogP contribution is 2.39. The molecule has 1 aromatic rings. The van der Waals surface area contributed by atoms with Crippen molar-refractivity contribution in [2.24, 2.45) is 0 Å². The van der Waals surface area contributed by atoms with Crippen molar-refractivity contribution < 1.29 is 0 Å². The van der Waals surface area contributed by atoms with Crippen LogP contribution in [0.25, 0.3) is 0 Å². The number of hydrogen-bond donors (Lipinski definition) is 1. The zero-order valence-electron chi connectivity index (χ0n) is 11.0. The Morgan fingerprint density at radius 2 is 2.53 bits per heavy atom. The van der Waals surface area contributed by atoms with Crippen LogP contribution in [0.2, 0.25) is 5.02 Å². The molecule has 2 unspecified atom stereocenters. The van der Waals surface area contributed by atoms with Crippen molar-refractivity contribution in [1.82, 2.24) is 10.3 Å². The molecule has 1 fully saturated rings. The smallest absolute Gasteiger partial charge is 0.115 e. The molecule has 2 rings (SSSR count). The third-order valence-corrected chi connectivity index (χ3v) is 5.14. The molecule has 0 aromatic carbocycles. The quantitative estimate of drug-likeness (QED) is 0.921. The van der Waals surface area contributed by atoms with Crippen LogP contribution in [0.3, 0.4) is 0 Å². The number of hydrogen-bond acceptors (Lipinski definition) is 4. The van der Waals surface area contributed by atoms with Gasteiger partial charge in [0, 0.05) is 11.4 Å². The number of rotatable bonds is 4. The van der Waals surface area contributed by atoms with Gasteiger partial charge in [0.2, 0.25) is 0 Å². The van der Waals surface area contributed by atoms with Crippen molar-refractivity contribution in [3.05, 3.63) is 23.4 Å². The lowest BCUT2D eigenvalue weighted by Gasteiger charge is -2.35. The minimum Gasteiger partial charge on any atom is -0.300 e. The highest BCUT2D eigenvalue weighted by atomic mass is 35.5. The second-order valence-corrected chi connectivity index (χ2v) is 6.55. The first-order valence-corrected chi connectivity index (χ1v) is 7.88. The summed E-state index contributed by atoms with van der Waals surface area (Å²) in [7, 11) is 0. The van der Waals surface area contributed by atoms with E-state index < -0.39 is 0 Å². The van der Waals surface area contributed by atoms with Crippen LogP contribution in [0, 0.1) is 11.3 Å². The Morgan fingerprint density at radius 1 is 1.68 bits per heavy atom. The number of aromatic nitrogens is 1. The molecule has 1 aromatic heterocycles. The molecule has 0 bridgehead atoms. The zero-order valence-corrected chi connectivity index (χ0v) is 12.6. The molecule has 1 aliphatic carbocycles. The van der Waals surface area contributed by atoms with Crippen molar-refractivity contribution >= 4 is 23.4 Å². The van der Waals surface area contributed by atoms with Gasteiger partial charge in [0.15, 0.2) is 0 Å². The van der Waals surface area contributed by atoms with E-state index in [0.29, 0.717) is 10.3 Å². The van der Waals surface area contributed by atoms with Crippen molar-refractivity contribution in [1.29, 1.82) is 5.26 Å².